The Labute approximate surface area is 163 Å². The lowest BCUT2D eigenvalue weighted by Gasteiger charge is -2.36. The third-order valence-corrected chi connectivity index (χ3v) is 4.90. The normalized spacial score (nSPS) is 15.1. The van der Waals surface area contributed by atoms with E-state index in [0.717, 1.165) is 48.9 Å². The second-order valence-electron chi connectivity index (χ2n) is 6.73. The molecule has 3 aromatic rings. The van der Waals surface area contributed by atoms with Crippen LogP contribution >= 0.6 is 0 Å². The first-order chi connectivity index (χ1) is 13.7. The van der Waals surface area contributed by atoms with Crippen LogP contribution in [0.25, 0.3) is 11.3 Å². The molecule has 1 aliphatic heterocycles. The molecule has 0 amide bonds. The maximum absolute atomic E-state index is 13.1. The fourth-order valence-electron chi connectivity index (χ4n) is 3.31. The molecule has 2 aromatic carbocycles. The standard InChI is InChI=1S/C21H23FN6/c22-17-6-8-18(9-7-17)27-10-12-28(13-11-27)21(23)25-15-20-24-14-19(26-20)16-4-2-1-3-5-16/h1-9,14H,10-13,15H2,(H2,23,25)(H,24,26). The number of hydrogen-bond acceptors (Lipinski definition) is 3. The van der Waals surface area contributed by atoms with Gasteiger partial charge in [0.2, 0.25) is 0 Å². The Balaban J connectivity index is 1.33. The number of rotatable bonds is 4. The quantitative estimate of drug-likeness (QED) is 0.541. The maximum atomic E-state index is 13.1. The summed E-state index contributed by atoms with van der Waals surface area (Å²) in [5.74, 6) is 1.09. The molecule has 144 valence electrons. The second kappa shape index (κ2) is 8.12. The van der Waals surface area contributed by atoms with Crippen molar-refractivity contribution in [3.8, 4) is 11.3 Å². The van der Waals surface area contributed by atoms with Gasteiger partial charge in [0.15, 0.2) is 5.96 Å². The minimum Gasteiger partial charge on any atom is -0.370 e. The number of aromatic amines is 1. The van der Waals surface area contributed by atoms with Gasteiger partial charge in [0.25, 0.3) is 0 Å². The predicted octanol–water partition coefficient (Wildman–Crippen LogP) is 2.85. The molecular formula is C21H23FN6. The van der Waals surface area contributed by atoms with E-state index in [4.69, 9.17) is 5.73 Å². The Morgan fingerprint density at radius 1 is 1.04 bits per heavy atom. The summed E-state index contributed by atoms with van der Waals surface area (Å²) < 4.78 is 13.1. The average molecular weight is 378 g/mol. The van der Waals surface area contributed by atoms with Crippen LogP contribution in [0.4, 0.5) is 10.1 Å². The summed E-state index contributed by atoms with van der Waals surface area (Å²) in [4.78, 5) is 16.5. The SMILES string of the molecule is NC(=NCc1ncc(-c2ccccc2)[nH]1)N1CCN(c2ccc(F)cc2)CC1. The Kier molecular flexibility index (Phi) is 5.23. The number of hydrogen-bond donors (Lipinski definition) is 2. The molecule has 0 radical (unpaired) electrons. The fraction of sp³-hybridized carbons (Fsp3) is 0.238. The van der Waals surface area contributed by atoms with Crippen LogP contribution in [0.5, 0.6) is 0 Å². The molecule has 4 rings (SSSR count). The van der Waals surface area contributed by atoms with Gasteiger partial charge in [-0.1, -0.05) is 30.3 Å². The largest absolute Gasteiger partial charge is 0.370 e. The lowest BCUT2D eigenvalue weighted by molar-refractivity contribution is 0.380. The Morgan fingerprint density at radius 3 is 2.46 bits per heavy atom. The highest BCUT2D eigenvalue weighted by Gasteiger charge is 2.18. The van der Waals surface area contributed by atoms with Crippen molar-refractivity contribution in [2.24, 2.45) is 10.7 Å². The van der Waals surface area contributed by atoms with Crippen molar-refractivity contribution < 1.29 is 4.39 Å². The molecule has 0 saturated carbocycles. The van der Waals surface area contributed by atoms with E-state index in [2.05, 4.69) is 24.8 Å². The summed E-state index contributed by atoms with van der Waals surface area (Å²) in [5, 5.41) is 0. The van der Waals surface area contributed by atoms with Gasteiger partial charge in [0.05, 0.1) is 11.9 Å². The molecule has 0 spiro atoms. The molecule has 0 unspecified atom stereocenters. The van der Waals surface area contributed by atoms with Crippen molar-refractivity contribution in [2.45, 2.75) is 6.54 Å². The van der Waals surface area contributed by atoms with E-state index in [9.17, 15) is 4.39 Å². The highest BCUT2D eigenvalue weighted by Crippen LogP contribution is 2.18. The number of aromatic nitrogens is 2. The van der Waals surface area contributed by atoms with E-state index < -0.39 is 0 Å². The summed E-state index contributed by atoms with van der Waals surface area (Å²) in [6, 6.07) is 16.7. The number of nitrogens with two attached hydrogens (primary N) is 1. The number of aliphatic imine (C=N–C) groups is 1. The highest BCUT2D eigenvalue weighted by atomic mass is 19.1. The number of nitrogens with zero attached hydrogens (tertiary/aromatic N) is 4. The monoisotopic (exact) mass is 378 g/mol. The van der Waals surface area contributed by atoms with E-state index in [1.165, 1.54) is 12.1 Å². The van der Waals surface area contributed by atoms with Gasteiger partial charge in [0.1, 0.15) is 18.2 Å². The first kappa shape index (κ1) is 18.0. The fourth-order valence-corrected chi connectivity index (χ4v) is 3.31. The zero-order valence-corrected chi connectivity index (χ0v) is 15.6. The molecule has 0 bridgehead atoms. The van der Waals surface area contributed by atoms with Gasteiger partial charge >= 0.3 is 0 Å². The number of anilines is 1. The molecule has 3 N–H and O–H groups in total. The average Bonchev–Trinajstić information content (AvgIpc) is 3.22. The lowest BCUT2D eigenvalue weighted by Crippen LogP contribution is -2.51. The zero-order valence-electron chi connectivity index (χ0n) is 15.6. The summed E-state index contributed by atoms with van der Waals surface area (Å²) in [6.07, 6.45) is 1.82. The van der Waals surface area contributed by atoms with E-state index in [-0.39, 0.29) is 5.82 Å². The van der Waals surface area contributed by atoms with Crippen LogP contribution in [-0.4, -0.2) is 47.0 Å². The molecule has 1 saturated heterocycles. The third-order valence-electron chi connectivity index (χ3n) is 4.90. The molecule has 6 nitrogen and oxygen atoms in total. The summed E-state index contributed by atoms with van der Waals surface area (Å²) >= 11 is 0. The first-order valence-electron chi connectivity index (χ1n) is 9.34. The van der Waals surface area contributed by atoms with Gasteiger partial charge in [-0.15, -0.1) is 0 Å². The van der Waals surface area contributed by atoms with Crippen LogP contribution < -0.4 is 10.6 Å². The smallest absolute Gasteiger partial charge is 0.191 e. The minimum absolute atomic E-state index is 0.216. The van der Waals surface area contributed by atoms with Crippen molar-refractivity contribution in [1.29, 1.82) is 0 Å². The number of H-pyrrole nitrogens is 1. The summed E-state index contributed by atoms with van der Waals surface area (Å²) in [7, 11) is 0. The third kappa shape index (κ3) is 4.14. The van der Waals surface area contributed by atoms with Crippen LogP contribution in [0.2, 0.25) is 0 Å². The molecule has 0 aliphatic carbocycles. The summed E-state index contributed by atoms with van der Waals surface area (Å²) in [5.41, 5.74) is 9.28. The van der Waals surface area contributed by atoms with Crippen LogP contribution in [0.3, 0.4) is 0 Å². The number of guanidine groups is 1. The Morgan fingerprint density at radius 2 is 1.75 bits per heavy atom. The van der Waals surface area contributed by atoms with Gasteiger partial charge in [0, 0.05) is 31.9 Å². The predicted molar refractivity (Wildman–Crippen MR) is 110 cm³/mol. The highest BCUT2D eigenvalue weighted by molar-refractivity contribution is 5.78. The number of halogens is 1. The molecular weight excluding hydrogens is 355 g/mol. The zero-order chi connectivity index (χ0) is 19.3. The van der Waals surface area contributed by atoms with Gasteiger partial charge in [-0.3, -0.25) is 0 Å². The Bertz CT molecular complexity index is 927. The van der Waals surface area contributed by atoms with Crippen molar-refractivity contribution >= 4 is 11.6 Å². The van der Waals surface area contributed by atoms with Gasteiger partial charge in [-0.05, 0) is 29.8 Å². The van der Waals surface area contributed by atoms with Crippen LogP contribution in [0.1, 0.15) is 5.82 Å². The number of piperazine rings is 1. The topological polar surface area (TPSA) is 73.5 Å². The van der Waals surface area contributed by atoms with E-state index in [0.29, 0.717) is 12.5 Å². The second-order valence-corrected chi connectivity index (χ2v) is 6.73. The number of benzene rings is 2. The Hall–Kier alpha value is -3.35. The lowest BCUT2D eigenvalue weighted by atomic mass is 10.2. The van der Waals surface area contributed by atoms with Crippen LogP contribution in [-0.2, 0) is 6.54 Å². The van der Waals surface area contributed by atoms with Gasteiger partial charge in [-0.25, -0.2) is 14.4 Å². The molecule has 7 heteroatoms. The van der Waals surface area contributed by atoms with Gasteiger partial charge in [-0.2, -0.15) is 0 Å². The van der Waals surface area contributed by atoms with E-state index in [1.54, 1.807) is 0 Å². The van der Waals surface area contributed by atoms with Crippen molar-refractivity contribution in [2.75, 3.05) is 31.1 Å². The van der Waals surface area contributed by atoms with Crippen molar-refractivity contribution in [3.63, 3.8) is 0 Å². The molecule has 2 heterocycles. The van der Waals surface area contributed by atoms with Crippen LogP contribution in [0.15, 0.2) is 65.8 Å². The van der Waals surface area contributed by atoms with E-state index >= 15 is 0 Å². The summed E-state index contributed by atoms with van der Waals surface area (Å²) in [6.45, 7) is 3.61. The minimum atomic E-state index is -0.216. The molecule has 1 aliphatic rings. The van der Waals surface area contributed by atoms with Crippen molar-refractivity contribution in [3.05, 3.63) is 72.4 Å². The molecule has 0 atom stereocenters. The number of nitrogens with one attached hydrogen (secondary N) is 1. The van der Waals surface area contributed by atoms with Gasteiger partial charge < -0.3 is 20.5 Å². The molecule has 28 heavy (non-hydrogen) atoms. The van der Waals surface area contributed by atoms with Crippen molar-refractivity contribution in [1.82, 2.24) is 14.9 Å². The number of imidazole rings is 1. The van der Waals surface area contributed by atoms with Crippen LogP contribution in [0, 0.1) is 5.82 Å². The first-order valence-corrected chi connectivity index (χ1v) is 9.34. The van der Waals surface area contributed by atoms with E-state index in [1.807, 2.05) is 48.7 Å². The molecule has 1 fully saturated rings. The maximum Gasteiger partial charge on any atom is 0.191 e. The molecule has 1 aromatic heterocycles.